The SMILES string of the molecule is CCCn1c(=O)c2ccccc2n2c(SCC(=O)N3CCCc4ccccc43)nnc12. The van der Waals surface area contributed by atoms with E-state index in [0.29, 0.717) is 22.9 Å². The van der Waals surface area contributed by atoms with Crippen molar-refractivity contribution in [3.8, 4) is 0 Å². The van der Waals surface area contributed by atoms with E-state index in [9.17, 15) is 9.59 Å². The van der Waals surface area contributed by atoms with E-state index in [1.165, 1.54) is 17.3 Å². The second-order valence-electron chi connectivity index (χ2n) is 7.66. The molecule has 0 radical (unpaired) electrons. The Hall–Kier alpha value is -3.13. The van der Waals surface area contributed by atoms with Gasteiger partial charge in [0.1, 0.15) is 0 Å². The van der Waals surface area contributed by atoms with E-state index in [2.05, 4.69) is 16.3 Å². The highest BCUT2D eigenvalue weighted by Gasteiger charge is 2.23. The lowest BCUT2D eigenvalue weighted by molar-refractivity contribution is -0.116. The van der Waals surface area contributed by atoms with Crippen LogP contribution in [-0.2, 0) is 17.8 Å². The van der Waals surface area contributed by atoms with Crippen molar-refractivity contribution < 1.29 is 4.79 Å². The Bertz CT molecular complexity index is 1340. The Labute approximate surface area is 183 Å². The largest absolute Gasteiger partial charge is 0.311 e. The summed E-state index contributed by atoms with van der Waals surface area (Å²) in [6.45, 7) is 3.33. The van der Waals surface area contributed by atoms with Crippen LogP contribution in [0.5, 0.6) is 0 Å². The maximum Gasteiger partial charge on any atom is 0.262 e. The van der Waals surface area contributed by atoms with Crippen molar-refractivity contribution in [1.82, 2.24) is 19.2 Å². The number of rotatable bonds is 5. The van der Waals surface area contributed by atoms with Gasteiger partial charge in [-0.05, 0) is 43.0 Å². The Morgan fingerprint density at radius 3 is 2.77 bits per heavy atom. The van der Waals surface area contributed by atoms with Crippen molar-refractivity contribution in [3.63, 3.8) is 0 Å². The summed E-state index contributed by atoms with van der Waals surface area (Å²) in [5.74, 6) is 0.833. The number of nitrogens with zero attached hydrogens (tertiary/aromatic N) is 5. The molecule has 158 valence electrons. The summed E-state index contributed by atoms with van der Waals surface area (Å²) >= 11 is 1.36. The molecule has 0 saturated carbocycles. The fourth-order valence-corrected chi connectivity index (χ4v) is 5.07. The number of amides is 1. The van der Waals surface area contributed by atoms with Gasteiger partial charge in [-0.2, -0.15) is 0 Å². The zero-order chi connectivity index (χ0) is 21.4. The van der Waals surface area contributed by atoms with Gasteiger partial charge in [-0.25, -0.2) is 0 Å². The van der Waals surface area contributed by atoms with E-state index >= 15 is 0 Å². The maximum atomic E-state index is 13.1. The number of hydrogen-bond acceptors (Lipinski definition) is 5. The summed E-state index contributed by atoms with van der Waals surface area (Å²) in [7, 11) is 0. The lowest BCUT2D eigenvalue weighted by Crippen LogP contribution is -2.36. The fraction of sp³-hybridized carbons (Fsp3) is 0.304. The van der Waals surface area contributed by atoms with Crippen LogP contribution in [0.25, 0.3) is 16.7 Å². The molecule has 0 saturated heterocycles. The van der Waals surface area contributed by atoms with Crippen molar-refractivity contribution in [1.29, 1.82) is 0 Å². The van der Waals surface area contributed by atoms with Gasteiger partial charge >= 0.3 is 0 Å². The average molecular weight is 434 g/mol. The average Bonchev–Trinajstić information content (AvgIpc) is 3.24. The third kappa shape index (κ3) is 3.40. The number of carbonyl (C=O) groups is 1. The molecule has 0 bridgehead atoms. The standard InChI is InChI=1S/C23H23N5O2S/c1-2-13-27-21(30)17-10-4-6-12-19(17)28-22(27)24-25-23(28)31-15-20(29)26-14-7-9-16-8-3-5-11-18(16)26/h3-6,8,10-12H,2,7,9,13-15H2,1H3. The molecule has 1 aliphatic rings. The van der Waals surface area contributed by atoms with Crippen molar-refractivity contribution in [2.75, 3.05) is 17.2 Å². The Morgan fingerprint density at radius 1 is 1.10 bits per heavy atom. The normalized spacial score (nSPS) is 13.6. The van der Waals surface area contributed by atoms with E-state index in [-0.39, 0.29) is 17.2 Å². The van der Waals surface area contributed by atoms with Crippen LogP contribution in [0.1, 0.15) is 25.3 Å². The molecule has 0 unspecified atom stereocenters. The van der Waals surface area contributed by atoms with E-state index in [1.807, 2.05) is 58.7 Å². The topological polar surface area (TPSA) is 72.5 Å². The number of anilines is 1. The maximum absolute atomic E-state index is 13.1. The quantitative estimate of drug-likeness (QED) is 0.450. The van der Waals surface area contributed by atoms with Crippen LogP contribution in [0.15, 0.2) is 58.5 Å². The van der Waals surface area contributed by atoms with Crippen molar-refractivity contribution in [2.45, 2.75) is 37.9 Å². The number of hydrogen-bond donors (Lipinski definition) is 0. The number of carbonyl (C=O) groups excluding carboxylic acids is 1. The molecule has 0 spiro atoms. The molecule has 0 aliphatic carbocycles. The van der Waals surface area contributed by atoms with Gasteiger partial charge in [-0.15, -0.1) is 10.2 Å². The molecule has 0 N–H and O–H groups in total. The van der Waals surface area contributed by atoms with Crippen LogP contribution in [0.3, 0.4) is 0 Å². The molecule has 7 nitrogen and oxygen atoms in total. The minimum Gasteiger partial charge on any atom is -0.311 e. The molecule has 0 atom stereocenters. The molecular formula is C23H23N5O2S. The van der Waals surface area contributed by atoms with Crippen LogP contribution in [-0.4, -0.2) is 37.4 Å². The molecule has 3 heterocycles. The number of fused-ring (bicyclic) bond motifs is 4. The van der Waals surface area contributed by atoms with Crippen LogP contribution < -0.4 is 10.5 Å². The highest BCUT2D eigenvalue weighted by Crippen LogP contribution is 2.28. The van der Waals surface area contributed by atoms with Crippen LogP contribution in [0.2, 0.25) is 0 Å². The predicted octanol–water partition coefficient (Wildman–Crippen LogP) is 3.53. The first kappa shape index (κ1) is 19.8. The first-order valence-electron chi connectivity index (χ1n) is 10.6. The zero-order valence-corrected chi connectivity index (χ0v) is 18.1. The van der Waals surface area contributed by atoms with Crippen LogP contribution in [0, 0.1) is 0 Å². The second kappa shape index (κ2) is 8.19. The summed E-state index contributed by atoms with van der Waals surface area (Å²) in [6.07, 6.45) is 2.79. The zero-order valence-electron chi connectivity index (χ0n) is 17.3. The smallest absolute Gasteiger partial charge is 0.262 e. The van der Waals surface area contributed by atoms with Gasteiger partial charge in [0, 0.05) is 18.8 Å². The molecular weight excluding hydrogens is 410 g/mol. The monoisotopic (exact) mass is 433 g/mol. The van der Waals surface area contributed by atoms with Crippen molar-refractivity contribution in [3.05, 3.63) is 64.4 Å². The minimum atomic E-state index is -0.0603. The van der Waals surface area contributed by atoms with Gasteiger partial charge in [0.05, 0.1) is 16.7 Å². The highest BCUT2D eigenvalue weighted by molar-refractivity contribution is 7.99. The Kier molecular flexibility index (Phi) is 5.23. The lowest BCUT2D eigenvalue weighted by Gasteiger charge is -2.29. The third-order valence-corrected chi connectivity index (χ3v) is 6.58. The first-order chi connectivity index (χ1) is 15.2. The lowest BCUT2D eigenvalue weighted by atomic mass is 10.0. The summed E-state index contributed by atoms with van der Waals surface area (Å²) < 4.78 is 3.57. The fourth-order valence-electron chi connectivity index (χ4n) is 4.25. The Balaban J connectivity index is 1.50. The number of aryl methyl sites for hydroxylation is 2. The van der Waals surface area contributed by atoms with E-state index < -0.39 is 0 Å². The number of aromatic nitrogens is 4. The summed E-state index contributed by atoms with van der Waals surface area (Å²) in [4.78, 5) is 27.9. The van der Waals surface area contributed by atoms with Gasteiger partial charge in [-0.3, -0.25) is 18.6 Å². The van der Waals surface area contributed by atoms with Crippen molar-refractivity contribution >= 4 is 40.0 Å². The van der Waals surface area contributed by atoms with E-state index in [0.717, 1.165) is 37.0 Å². The third-order valence-electron chi connectivity index (χ3n) is 5.66. The molecule has 8 heteroatoms. The number of thioether (sulfide) groups is 1. The number of benzene rings is 2. The molecule has 1 aliphatic heterocycles. The van der Waals surface area contributed by atoms with Crippen LogP contribution in [0.4, 0.5) is 5.69 Å². The molecule has 4 aromatic rings. The molecule has 31 heavy (non-hydrogen) atoms. The first-order valence-corrected chi connectivity index (χ1v) is 11.6. The van der Waals surface area contributed by atoms with Crippen LogP contribution >= 0.6 is 11.8 Å². The highest BCUT2D eigenvalue weighted by atomic mass is 32.2. The predicted molar refractivity (Wildman–Crippen MR) is 123 cm³/mol. The molecule has 5 rings (SSSR count). The molecule has 2 aromatic carbocycles. The molecule has 0 fully saturated rings. The van der Waals surface area contributed by atoms with Gasteiger partial charge in [0.15, 0.2) is 5.16 Å². The Morgan fingerprint density at radius 2 is 1.90 bits per heavy atom. The van der Waals surface area contributed by atoms with Gasteiger partial charge < -0.3 is 4.90 Å². The molecule has 2 aromatic heterocycles. The van der Waals surface area contributed by atoms with Gasteiger partial charge in [0.2, 0.25) is 11.7 Å². The number of para-hydroxylation sites is 2. The van der Waals surface area contributed by atoms with E-state index in [1.54, 1.807) is 4.57 Å². The van der Waals surface area contributed by atoms with E-state index in [4.69, 9.17) is 0 Å². The summed E-state index contributed by atoms with van der Waals surface area (Å²) in [6, 6.07) is 15.6. The summed E-state index contributed by atoms with van der Waals surface area (Å²) in [5.41, 5.74) is 2.93. The second-order valence-corrected chi connectivity index (χ2v) is 8.60. The molecule has 1 amide bonds. The minimum absolute atomic E-state index is 0.0556. The van der Waals surface area contributed by atoms with Crippen molar-refractivity contribution in [2.24, 2.45) is 0 Å². The van der Waals surface area contributed by atoms with Gasteiger partial charge in [0.25, 0.3) is 5.56 Å². The van der Waals surface area contributed by atoms with Gasteiger partial charge in [-0.1, -0.05) is 49.0 Å². The summed E-state index contributed by atoms with van der Waals surface area (Å²) in [5, 5.41) is 9.89.